The molecule has 1 N–H and O–H groups in total. The van der Waals surface area contributed by atoms with Crippen LogP contribution < -0.4 is 5.32 Å². The van der Waals surface area contributed by atoms with Crippen molar-refractivity contribution in [3.8, 4) is 0 Å². The molecule has 1 aromatic rings. The minimum Gasteiger partial charge on any atom is -0.343 e. The summed E-state index contributed by atoms with van der Waals surface area (Å²) in [5.74, 6) is 1.96. The van der Waals surface area contributed by atoms with E-state index in [1.54, 1.807) is 6.92 Å². The maximum Gasteiger partial charge on any atom is 0.227 e. The molecule has 1 atom stereocenters. The second-order valence-electron chi connectivity index (χ2n) is 8.91. The first-order valence-electron chi connectivity index (χ1n) is 9.58. The Morgan fingerprint density at radius 3 is 2.68 bits per heavy atom. The number of aromatic nitrogens is 2. The molecule has 1 aliphatic heterocycles. The summed E-state index contributed by atoms with van der Waals surface area (Å²) in [5, 5.41) is 7.38. The van der Waals surface area contributed by atoms with Crippen molar-refractivity contribution in [1.29, 1.82) is 0 Å². The van der Waals surface area contributed by atoms with E-state index < -0.39 is 5.54 Å². The Labute approximate surface area is 150 Å². The van der Waals surface area contributed by atoms with E-state index in [0.717, 1.165) is 38.2 Å². The van der Waals surface area contributed by atoms with E-state index in [4.69, 9.17) is 9.51 Å². The zero-order valence-corrected chi connectivity index (χ0v) is 16.1. The van der Waals surface area contributed by atoms with Gasteiger partial charge in [0.2, 0.25) is 11.8 Å². The Kier molecular flexibility index (Phi) is 5.19. The normalized spacial score (nSPS) is 26.3. The third-order valence-corrected chi connectivity index (χ3v) is 5.92. The standard InChI is InChI=1S/C19H32N4O2/c1-14(24)21-19(8-10-23(4)11-9-19)17-20-16(25-22-17)12-15-6-5-7-18(2,3)13-15/h15H,5-13H2,1-4H3,(H,21,24)/t15-/m1/s1. The number of hydrogen-bond donors (Lipinski definition) is 1. The third kappa shape index (κ3) is 4.40. The first-order valence-corrected chi connectivity index (χ1v) is 9.58. The van der Waals surface area contributed by atoms with Crippen molar-refractivity contribution in [3.63, 3.8) is 0 Å². The summed E-state index contributed by atoms with van der Waals surface area (Å²) in [5.41, 5.74) is -0.0664. The minimum atomic E-state index is -0.480. The van der Waals surface area contributed by atoms with Gasteiger partial charge in [-0.2, -0.15) is 4.98 Å². The van der Waals surface area contributed by atoms with E-state index in [1.165, 1.54) is 25.7 Å². The number of piperidine rings is 1. The van der Waals surface area contributed by atoms with Crippen molar-refractivity contribution in [1.82, 2.24) is 20.4 Å². The average molecular weight is 348 g/mol. The number of rotatable bonds is 4. The molecule has 0 bridgehead atoms. The molecule has 25 heavy (non-hydrogen) atoms. The largest absolute Gasteiger partial charge is 0.343 e. The fraction of sp³-hybridized carbons (Fsp3) is 0.842. The highest BCUT2D eigenvalue weighted by Gasteiger charge is 2.40. The van der Waals surface area contributed by atoms with Crippen molar-refractivity contribution < 1.29 is 9.32 Å². The van der Waals surface area contributed by atoms with Crippen LogP contribution in [0, 0.1) is 11.3 Å². The molecule has 2 heterocycles. The Morgan fingerprint density at radius 2 is 2.04 bits per heavy atom. The lowest BCUT2D eigenvalue weighted by Gasteiger charge is -2.38. The highest BCUT2D eigenvalue weighted by molar-refractivity contribution is 5.74. The third-order valence-electron chi connectivity index (χ3n) is 5.92. The number of nitrogens with zero attached hydrogens (tertiary/aromatic N) is 3. The van der Waals surface area contributed by atoms with Crippen molar-refractivity contribution in [3.05, 3.63) is 11.7 Å². The van der Waals surface area contributed by atoms with Gasteiger partial charge in [-0.15, -0.1) is 0 Å². The van der Waals surface area contributed by atoms with Gasteiger partial charge in [0.05, 0.1) is 0 Å². The van der Waals surface area contributed by atoms with Crippen LogP contribution in [0.15, 0.2) is 4.52 Å². The van der Waals surface area contributed by atoms with Gasteiger partial charge in [-0.1, -0.05) is 25.4 Å². The first-order chi connectivity index (χ1) is 11.8. The lowest BCUT2D eigenvalue weighted by atomic mass is 9.71. The molecule has 1 aliphatic carbocycles. The van der Waals surface area contributed by atoms with E-state index in [1.807, 2.05) is 0 Å². The van der Waals surface area contributed by atoms with Crippen molar-refractivity contribution >= 4 is 5.91 Å². The summed E-state index contributed by atoms with van der Waals surface area (Å²) in [6, 6.07) is 0. The summed E-state index contributed by atoms with van der Waals surface area (Å²) in [6.45, 7) is 8.10. The second-order valence-corrected chi connectivity index (χ2v) is 8.91. The zero-order chi connectivity index (χ0) is 18.1. The first kappa shape index (κ1) is 18.4. The van der Waals surface area contributed by atoms with E-state index in [-0.39, 0.29) is 5.91 Å². The van der Waals surface area contributed by atoms with Crippen LogP contribution in [0.25, 0.3) is 0 Å². The van der Waals surface area contributed by atoms with Crippen molar-refractivity contribution in [2.45, 2.75) is 71.3 Å². The monoisotopic (exact) mass is 348 g/mol. The SMILES string of the molecule is CC(=O)NC1(c2noc(C[C@H]3CCCC(C)(C)C3)n2)CCN(C)CC1. The molecule has 1 aromatic heterocycles. The average Bonchev–Trinajstić information content (AvgIpc) is 2.97. The fourth-order valence-electron chi connectivity index (χ4n) is 4.55. The molecule has 140 valence electrons. The van der Waals surface area contributed by atoms with Crippen LogP contribution in [-0.4, -0.2) is 41.1 Å². The number of likely N-dealkylation sites (tertiary alicyclic amines) is 1. The Hall–Kier alpha value is -1.43. The summed E-state index contributed by atoms with van der Waals surface area (Å²) in [6.07, 6.45) is 7.53. The number of carbonyl (C=O) groups is 1. The van der Waals surface area contributed by atoms with E-state index in [0.29, 0.717) is 17.2 Å². The van der Waals surface area contributed by atoms with Crippen LogP contribution in [0.4, 0.5) is 0 Å². The van der Waals surface area contributed by atoms with Crippen LogP contribution >= 0.6 is 0 Å². The molecular formula is C19H32N4O2. The molecule has 6 nitrogen and oxygen atoms in total. The van der Waals surface area contributed by atoms with Crippen LogP contribution in [0.5, 0.6) is 0 Å². The Balaban J connectivity index is 1.73. The number of amides is 1. The van der Waals surface area contributed by atoms with Gasteiger partial charge in [-0.25, -0.2) is 0 Å². The summed E-state index contributed by atoms with van der Waals surface area (Å²) < 4.78 is 5.60. The predicted molar refractivity (Wildman–Crippen MR) is 96.0 cm³/mol. The molecule has 1 amide bonds. The lowest BCUT2D eigenvalue weighted by Crippen LogP contribution is -2.52. The van der Waals surface area contributed by atoms with Gasteiger partial charge in [-0.3, -0.25) is 4.79 Å². The van der Waals surface area contributed by atoms with E-state index >= 15 is 0 Å². The molecule has 2 aliphatic rings. The quantitative estimate of drug-likeness (QED) is 0.906. The van der Waals surface area contributed by atoms with Gasteiger partial charge in [0.25, 0.3) is 0 Å². The van der Waals surface area contributed by atoms with Gasteiger partial charge in [0.1, 0.15) is 5.54 Å². The maximum atomic E-state index is 11.8. The molecule has 3 rings (SSSR count). The topological polar surface area (TPSA) is 71.3 Å². The summed E-state index contributed by atoms with van der Waals surface area (Å²) in [7, 11) is 2.10. The maximum absolute atomic E-state index is 11.8. The number of nitrogens with one attached hydrogen (secondary N) is 1. The molecule has 0 radical (unpaired) electrons. The molecular weight excluding hydrogens is 316 g/mol. The van der Waals surface area contributed by atoms with Gasteiger partial charge in [-0.05, 0) is 50.5 Å². The second kappa shape index (κ2) is 7.06. The van der Waals surface area contributed by atoms with Gasteiger partial charge >= 0.3 is 0 Å². The van der Waals surface area contributed by atoms with Crippen LogP contribution in [0.1, 0.15) is 71.0 Å². The Morgan fingerprint density at radius 1 is 1.32 bits per heavy atom. The van der Waals surface area contributed by atoms with Crippen LogP contribution in [-0.2, 0) is 16.8 Å². The Bertz CT molecular complexity index is 602. The van der Waals surface area contributed by atoms with Crippen molar-refractivity contribution in [2.75, 3.05) is 20.1 Å². The number of carbonyl (C=O) groups excluding carboxylic acids is 1. The summed E-state index contributed by atoms with van der Waals surface area (Å²) in [4.78, 5) is 18.7. The molecule has 6 heteroatoms. The van der Waals surface area contributed by atoms with E-state index in [9.17, 15) is 4.79 Å². The molecule has 0 spiro atoms. The number of hydrogen-bond acceptors (Lipinski definition) is 5. The van der Waals surface area contributed by atoms with Crippen LogP contribution in [0.3, 0.4) is 0 Å². The highest BCUT2D eigenvalue weighted by atomic mass is 16.5. The minimum absolute atomic E-state index is 0.0371. The molecule has 1 saturated carbocycles. The molecule has 0 aromatic carbocycles. The summed E-state index contributed by atoms with van der Waals surface area (Å²) >= 11 is 0. The van der Waals surface area contributed by atoms with Crippen molar-refractivity contribution in [2.24, 2.45) is 11.3 Å². The smallest absolute Gasteiger partial charge is 0.227 e. The zero-order valence-electron chi connectivity index (χ0n) is 16.1. The lowest BCUT2D eigenvalue weighted by molar-refractivity contribution is -0.121. The van der Waals surface area contributed by atoms with Gasteiger partial charge < -0.3 is 14.7 Å². The predicted octanol–water partition coefficient (Wildman–Crippen LogP) is 2.89. The highest BCUT2D eigenvalue weighted by Crippen LogP contribution is 2.40. The molecule has 0 unspecified atom stereocenters. The van der Waals surface area contributed by atoms with Gasteiger partial charge in [0.15, 0.2) is 5.82 Å². The van der Waals surface area contributed by atoms with E-state index in [2.05, 4.69) is 36.3 Å². The molecule has 1 saturated heterocycles. The van der Waals surface area contributed by atoms with Crippen LogP contribution in [0.2, 0.25) is 0 Å². The van der Waals surface area contributed by atoms with Gasteiger partial charge in [0, 0.05) is 26.4 Å². The fourth-order valence-corrected chi connectivity index (χ4v) is 4.55. The molecule has 2 fully saturated rings.